The third-order valence-electron chi connectivity index (χ3n) is 3.92. The number of hydrogen-bond acceptors (Lipinski definition) is 4. The molecular weight excluding hydrogens is 394 g/mol. The maximum atomic E-state index is 12.1. The fourth-order valence-corrected chi connectivity index (χ4v) is 3.55. The fraction of sp³-hybridized carbons (Fsp3) is 0.238. The highest BCUT2D eigenvalue weighted by Crippen LogP contribution is 2.22. The van der Waals surface area contributed by atoms with E-state index in [9.17, 15) is 4.79 Å². The molecule has 1 aromatic heterocycles. The average Bonchev–Trinajstić information content (AvgIpc) is 3.18. The number of ether oxygens (including phenoxy) is 1. The van der Waals surface area contributed by atoms with Crippen molar-refractivity contribution < 1.29 is 9.53 Å². The minimum Gasteiger partial charge on any atom is -0.377 e. The minimum absolute atomic E-state index is 0.0197. The average molecular weight is 416 g/mol. The van der Waals surface area contributed by atoms with Gasteiger partial charge in [0.25, 0.3) is 0 Å². The van der Waals surface area contributed by atoms with Gasteiger partial charge in [-0.3, -0.25) is 9.36 Å². The largest absolute Gasteiger partial charge is 0.377 e. The van der Waals surface area contributed by atoms with Crippen LogP contribution in [0.4, 0.5) is 0 Å². The van der Waals surface area contributed by atoms with Crippen molar-refractivity contribution in [2.24, 2.45) is 0 Å². The predicted molar refractivity (Wildman–Crippen MR) is 113 cm³/mol. The Kier molecular flexibility index (Phi) is 7.96. The van der Waals surface area contributed by atoms with E-state index < -0.39 is 0 Å². The van der Waals surface area contributed by atoms with E-state index in [-0.39, 0.29) is 5.91 Å². The van der Waals surface area contributed by atoms with E-state index in [0.717, 1.165) is 22.8 Å². The van der Waals surface area contributed by atoms with Crippen LogP contribution in [0.1, 0.15) is 12.0 Å². The maximum Gasteiger partial charge on any atom is 0.230 e. The molecule has 0 radical (unpaired) electrons. The number of nitrogens with one attached hydrogen (secondary N) is 1. The Morgan fingerprint density at radius 1 is 1.18 bits per heavy atom. The number of thioether (sulfide) groups is 1. The molecule has 0 fully saturated rings. The predicted octanol–water partition coefficient (Wildman–Crippen LogP) is 4.34. The number of rotatable bonds is 10. The van der Waals surface area contributed by atoms with Crippen LogP contribution in [0.2, 0.25) is 5.02 Å². The molecular formula is C21H22ClN3O2S. The molecule has 0 aliphatic carbocycles. The lowest BCUT2D eigenvalue weighted by atomic mass is 10.2. The van der Waals surface area contributed by atoms with Crippen molar-refractivity contribution in [2.45, 2.75) is 18.2 Å². The summed E-state index contributed by atoms with van der Waals surface area (Å²) in [6, 6.07) is 17.6. The van der Waals surface area contributed by atoms with Gasteiger partial charge in [0.2, 0.25) is 5.91 Å². The molecule has 0 unspecified atom stereocenters. The summed E-state index contributed by atoms with van der Waals surface area (Å²) in [5.41, 5.74) is 2.07. The van der Waals surface area contributed by atoms with Crippen molar-refractivity contribution in [1.82, 2.24) is 14.9 Å². The minimum atomic E-state index is -0.0197. The van der Waals surface area contributed by atoms with Crippen molar-refractivity contribution in [3.8, 4) is 5.69 Å². The van der Waals surface area contributed by atoms with E-state index >= 15 is 0 Å². The molecule has 3 aromatic rings. The molecule has 3 rings (SSSR count). The SMILES string of the molecule is O=C(CSc1nccn1-c1cccc(Cl)c1)NCCCOCc1ccccc1. The molecule has 146 valence electrons. The first-order valence-corrected chi connectivity index (χ1v) is 10.4. The molecule has 2 aromatic carbocycles. The highest BCUT2D eigenvalue weighted by molar-refractivity contribution is 7.99. The van der Waals surface area contributed by atoms with Gasteiger partial charge in [0, 0.05) is 36.3 Å². The van der Waals surface area contributed by atoms with Gasteiger partial charge in [-0.25, -0.2) is 4.98 Å². The molecule has 0 bridgehead atoms. The Balaban J connectivity index is 1.34. The summed E-state index contributed by atoms with van der Waals surface area (Å²) in [4.78, 5) is 16.4. The van der Waals surface area contributed by atoms with Crippen molar-refractivity contribution in [1.29, 1.82) is 0 Å². The number of amides is 1. The Bertz CT molecular complexity index is 886. The van der Waals surface area contributed by atoms with E-state index in [4.69, 9.17) is 16.3 Å². The number of carbonyl (C=O) groups is 1. The van der Waals surface area contributed by atoms with E-state index in [2.05, 4.69) is 10.3 Å². The molecule has 0 atom stereocenters. The van der Waals surface area contributed by atoms with Crippen LogP contribution in [-0.4, -0.2) is 34.4 Å². The number of halogens is 1. The zero-order chi connectivity index (χ0) is 19.6. The van der Waals surface area contributed by atoms with Crippen LogP contribution in [-0.2, 0) is 16.1 Å². The molecule has 1 heterocycles. The third-order valence-corrected chi connectivity index (χ3v) is 5.13. The van der Waals surface area contributed by atoms with Crippen LogP contribution in [0.5, 0.6) is 0 Å². The lowest BCUT2D eigenvalue weighted by Gasteiger charge is -2.08. The second-order valence-electron chi connectivity index (χ2n) is 6.09. The van der Waals surface area contributed by atoms with Crippen molar-refractivity contribution in [3.63, 3.8) is 0 Å². The van der Waals surface area contributed by atoms with Gasteiger partial charge in [0.15, 0.2) is 5.16 Å². The zero-order valence-electron chi connectivity index (χ0n) is 15.4. The van der Waals surface area contributed by atoms with Gasteiger partial charge >= 0.3 is 0 Å². The highest BCUT2D eigenvalue weighted by atomic mass is 35.5. The Labute approximate surface area is 174 Å². The number of imidazole rings is 1. The number of aromatic nitrogens is 2. The van der Waals surface area contributed by atoms with Crippen LogP contribution in [0.3, 0.4) is 0 Å². The molecule has 1 N–H and O–H groups in total. The van der Waals surface area contributed by atoms with Gasteiger partial charge in [-0.2, -0.15) is 0 Å². The lowest BCUT2D eigenvalue weighted by molar-refractivity contribution is -0.118. The van der Waals surface area contributed by atoms with Crippen LogP contribution < -0.4 is 5.32 Å². The Morgan fingerprint density at radius 2 is 2.04 bits per heavy atom. The zero-order valence-corrected chi connectivity index (χ0v) is 17.0. The quantitative estimate of drug-likeness (QED) is 0.395. The van der Waals surface area contributed by atoms with Crippen molar-refractivity contribution >= 4 is 29.3 Å². The number of hydrogen-bond donors (Lipinski definition) is 1. The van der Waals surface area contributed by atoms with Crippen LogP contribution in [0, 0.1) is 0 Å². The van der Waals surface area contributed by atoms with Crippen LogP contribution in [0.25, 0.3) is 5.69 Å². The van der Waals surface area contributed by atoms with Gasteiger partial charge in [-0.1, -0.05) is 59.8 Å². The van der Waals surface area contributed by atoms with E-state index in [1.807, 2.05) is 65.4 Å². The lowest BCUT2D eigenvalue weighted by Crippen LogP contribution is -2.27. The summed E-state index contributed by atoms with van der Waals surface area (Å²) in [6.07, 6.45) is 4.35. The standard InChI is InChI=1S/C21H22ClN3O2S/c22-18-8-4-9-19(14-18)25-12-11-24-21(25)28-16-20(26)23-10-5-13-27-15-17-6-2-1-3-7-17/h1-4,6-9,11-12,14H,5,10,13,15-16H2,(H,23,26). The Hall–Kier alpha value is -2.28. The van der Waals surface area contributed by atoms with Gasteiger partial charge in [0.05, 0.1) is 12.4 Å². The van der Waals surface area contributed by atoms with Gasteiger partial charge in [-0.15, -0.1) is 0 Å². The molecule has 0 aliphatic heterocycles. The van der Waals surface area contributed by atoms with Crippen molar-refractivity contribution in [3.05, 3.63) is 77.6 Å². The normalized spacial score (nSPS) is 10.8. The summed E-state index contributed by atoms with van der Waals surface area (Å²) in [5, 5.41) is 4.33. The topological polar surface area (TPSA) is 56.2 Å². The van der Waals surface area contributed by atoms with Crippen LogP contribution >= 0.6 is 23.4 Å². The summed E-state index contributed by atoms with van der Waals surface area (Å²) in [7, 11) is 0. The third kappa shape index (κ3) is 6.41. The molecule has 0 saturated carbocycles. The summed E-state index contributed by atoms with van der Waals surface area (Å²) >= 11 is 7.45. The van der Waals surface area contributed by atoms with Gasteiger partial charge < -0.3 is 10.1 Å². The second-order valence-corrected chi connectivity index (χ2v) is 7.47. The van der Waals surface area contributed by atoms with Crippen LogP contribution in [0.15, 0.2) is 72.1 Å². The van der Waals surface area contributed by atoms with Gasteiger partial charge in [-0.05, 0) is 30.2 Å². The summed E-state index contributed by atoms with van der Waals surface area (Å²) in [5.74, 6) is 0.288. The first-order chi connectivity index (χ1) is 13.7. The molecule has 1 amide bonds. The first-order valence-electron chi connectivity index (χ1n) is 9.03. The van der Waals surface area contributed by atoms with Gasteiger partial charge in [0.1, 0.15) is 0 Å². The molecule has 0 spiro atoms. The van der Waals surface area contributed by atoms with E-state index in [0.29, 0.717) is 30.5 Å². The van der Waals surface area contributed by atoms with E-state index in [1.165, 1.54) is 11.8 Å². The number of carbonyl (C=O) groups excluding carboxylic acids is 1. The summed E-state index contributed by atoms with van der Waals surface area (Å²) < 4.78 is 7.53. The highest BCUT2D eigenvalue weighted by Gasteiger charge is 2.09. The maximum absolute atomic E-state index is 12.1. The molecule has 5 nitrogen and oxygen atoms in total. The Morgan fingerprint density at radius 3 is 2.86 bits per heavy atom. The molecule has 28 heavy (non-hydrogen) atoms. The molecule has 7 heteroatoms. The smallest absolute Gasteiger partial charge is 0.230 e. The summed E-state index contributed by atoms with van der Waals surface area (Å²) in [6.45, 7) is 1.80. The first kappa shape index (κ1) is 20.5. The fourth-order valence-electron chi connectivity index (χ4n) is 2.57. The monoisotopic (exact) mass is 415 g/mol. The number of benzene rings is 2. The second kappa shape index (κ2) is 10.9. The number of nitrogens with zero attached hydrogens (tertiary/aromatic N) is 2. The molecule has 0 aliphatic rings. The molecule has 0 saturated heterocycles. The van der Waals surface area contributed by atoms with Crippen molar-refractivity contribution in [2.75, 3.05) is 18.9 Å². The van der Waals surface area contributed by atoms with E-state index in [1.54, 1.807) is 6.20 Å².